The van der Waals surface area contributed by atoms with Gasteiger partial charge in [0.05, 0.1) is 6.54 Å². The Balaban J connectivity index is 2.09. The number of rotatable bonds is 4. The van der Waals surface area contributed by atoms with E-state index in [-0.39, 0.29) is 0 Å². The molecule has 0 aliphatic rings. The summed E-state index contributed by atoms with van der Waals surface area (Å²) in [6.07, 6.45) is -4.28. The van der Waals surface area contributed by atoms with Crippen molar-refractivity contribution in [3.8, 4) is 0 Å². The van der Waals surface area contributed by atoms with Crippen LogP contribution in [-0.2, 0) is 11.4 Å². The van der Waals surface area contributed by atoms with Crippen molar-refractivity contribution in [1.82, 2.24) is 5.48 Å². The molecule has 0 spiro atoms. The van der Waals surface area contributed by atoms with Crippen molar-refractivity contribution in [3.05, 3.63) is 22.4 Å². The number of thiophene rings is 1. The van der Waals surface area contributed by atoms with E-state index in [0.717, 1.165) is 4.88 Å². The highest BCUT2D eigenvalue weighted by atomic mass is 32.1. The maximum Gasteiger partial charge on any atom is 0.413 e. The fourth-order valence-corrected chi connectivity index (χ4v) is 1.30. The summed E-state index contributed by atoms with van der Waals surface area (Å²) in [6, 6.07) is 3.64. The van der Waals surface area contributed by atoms with E-state index in [4.69, 9.17) is 0 Å². The molecule has 13 heavy (non-hydrogen) atoms. The van der Waals surface area contributed by atoms with Crippen LogP contribution in [0.5, 0.6) is 0 Å². The third-order valence-electron chi connectivity index (χ3n) is 1.16. The van der Waals surface area contributed by atoms with Crippen molar-refractivity contribution < 1.29 is 18.0 Å². The van der Waals surface area contributed by atoms with Crippen LogP contribution in [0.25, 0.3) is 0 Å². The summed E-state index contributed by atoms with van der Waals surface area (Å²) in [6.45, 7) is -0.966. The molecule has 1 heterocycles. The fourth-order valence-electron chi connectivity index (χ4n) is 0.668. The molecule has 0 saturated heterocycles. The van der Waals surface area contributed by atoms with Crippen LogP contribution < -0.4 is 5.48 Å². The molecule has 0 unspecified atom stereocenters. The molecule has 74 valence electrons. The van der Waals surface area contributed by atoms with Gasteiger partial charge in [-0.25, -0.2) is 0 Å². The van der Waals surface area contributed by atoms with Gasteiger partial charge >= 0.3 is 6.18 Å². The first-order chi connectivity index (χ1) is 6.08. The van der Waals surface area contributed by atoms with Crippen molar-refractivity contribution >= 4 is 11.3 Å². The van der Waals surface area contributed by atoms with E-state index >= 15 is 0 Å². The van der Waals surface area contributed by atoms with E-state index in [0.29, 0.717) is 6.54 Å². The molecule has 0 amide bonds. The second kappa shape index (κ2) is 4.59. The van der Waals surface area contributed by atoms with Gasteiger partial charge in [-0.15, -0.1) is 11.3 Å². The molecule has 1 rings (SSSR count). The Kier molecular flexibility index (Phi) is 3.71. The first kappa shape index (κ1) is 10.5. The van der Waals surface area contributed by atoms with Crippen LogP contribution in [0, 0.1) is 0 Å². The van der Waals surface area contributed by atoms with Crippen molar-refractivity contribution in [1.29, 1.82) is 0 Å². The zero-order chi connectivity index (χ0) is 9.73. The number of hydrogen-bond acceptors (Lipinski definition) is 3. The van der Waals surface area contributed by atoms with Gasteiger partial charge in [0.25, 0.3) is 0 Å². The van der Waals surface area contributed by atoms with E-state index < -0.39 is 12.8 Å². The summed E-state index contributed by atoms with van der Waals surface area (Å²) in [5, 5.41) is 1.85. The third-order valence-corrected chi connectivity index (χ3v) is 2.04. The molecule has 0 saturated carbocycles. The van der Waals surface area contributed by atoms with Gasteiger partial charge < -0.3 is 0 Å². The van der Waals surface area contributed by atoms with Gasteiger partial charge in [-0.3, -0.25) is 4.84 Å². The predicted octanol–water partition coefficient (Wildman–Crippen LogP) is 2.33. The van der Waals surface area contributed by atoms with Crippen LogP contribution in [0.15, 0.2) is 17.5 Å². The summed E-state index contributed by atoms with van der Waals surface area (Å²) < 4.78 is 34.7. The lowest BCUT2D eigenvalue weighted by molar-refractivity contribution is -0.190. The van der Waals surface area contributed by atoms with E-state index in [9.17, 15) is 13.2 Å². The molecular formula is C7H8F3NOS. The van der Waals surface area contributed by atoms with Crippen LogP contribution in [-0.4, -0.2) is 12.8 Å². The molecule has 0 atom stereocenters. The summed E-state index contributed by atoms with van der Waals surface area (Å²) in [4.78, 5) is 5.14. The van der Waals surface area contributed by atoms with Crippen molar-refractivity contribution in [2.24, 2.45) is 0 Å². The highest BCUT2D eigenvalue weighted by Crippen LogP contribution is 2.14. The molecule has 0 aromatic carbocycles. The highest BCUT2D eigenvalue weighted by molar-refractivity contribution is 7.09. The van der Waals surface area contributed by atoms with Gasteiger partial charge in [0.1, 0.15) is 0 Å². The molecular weight excluding hydrogens is 203 g/mol. The standard InChI is InChI=1S/C7H8F3NOS/c8-7(9,10)5-12-11-4-6-2-1-3-13-6/h1-3,11H,4-5H2. The molecule has 1 aromatic heterocycles. The maximum atomic E-state index is 11.6. The second-order valence-electron chi connectivity index (χ2n) is 2.30. The van der Waals surface area contributed by atoms with Crippen LogP contribution in [0.4, 0.5) is 13.2 Å². The number of hydrogen-bond donors (Lipinski definition) is 1. The quantitative estimate of drug-likeness (QED) is 0.609. The maximum absolute atomic E-state index is 11.6. The molecule has 1 N–H and O–H groups in total. The Hall–Kier alpha value is -0.590. The fraction of sp³-hybridized carbons (Fsp3) is 0.429. The lowest BCUT2D eigenvalue weighted by Crippen LogP contribution is -2.24. The summed E-state index contributed by atoms with van der Waals surface area (Å²) in [5.74, 6) is 0. The van der Waals surface area contributed by atoms with Crippen LogP contribution in [0.1, 0.15) is 4.88 Å². The Bertz CT molecular complexity index is 234. The Morgan fingerprint density at radius 2 is 2.23 bits per heavy atom. The lowest BCUT2D eigenvalue weighted by Gasteiger charge is -2.07. The minimum Gasteiger partial charge on any atom is -0.292 e. The smallest absolute Gasteiger partial charge is 0.292 e. The largest absolute Gasteiger partial charge is 0.413 e. The van der Waals surface area contributed by atoms with E-state index in [2.05, 4.69) is 10.3 Å². The van der Waals surface area contributed by atoms with E-state index in [1.165, 1.54) is 11.3 Å². The minimum absolute atomic E-state index is 0.299. The summed E-state index contributed by atoms with van der Waals surface area (Å²) in [7, 11) is 0. The molecule has 2 nitrogen and oxygen atoms in total. The minimum atomic E-state index is -4.28. The average Bonchev–Trinajstić information content (AvgIpc) is 2.48. The zero-order valence-corrected chi connectivity index (χ0v) is 7.41. The second-order valence-corrected chi connectivity index (χ2v) is 3.34. The van der Waals surface area contributed by atoms with Gasteiger partial charge in [-0.1, -0.05) is 6.07 Å². The van der Waals surface area contributed by atoms with E-state index in [1.54, 1.807) is 0 Å². The van der Waals surface area contributed by atoms with Crippen molar-refractivity contribution in [2.45, 2.75) is 12.7 Å². The monoisotopic (exact) mass is 211 g/mol. The molecule has 0 radical (unpaired) electrons. The predicted molar refractivity (Wildman–Crippen MR) is 43.2 cm³/mol. The molecule has 0 fully saturated rings. The van der Waals surface area contributed by atoms with Gasteiger partial charge in [-0.2, -0.15) is 18.7 Å². The molecule has 0 aliphatic heterocycles. The van der Waals surface area contributed by atoms with Crippen molar-refractivity contribution in [2.75, 3.05) is 6.61 Å². The summed E-state index contributed by atoms with van der Waals surface area (Å²) >= 11 is 1.46. The van der Waals surface area contributed by atoms with Crippen LogP contribution in [0.3, 0.4) is 0 Å². The SMILES string of the molecule is FC(F)(F)CONCc1cccs1. The number of alkyl halides is 3. The van der Waals surface area contributed by atoms with E-state index in [1.807, 2.05) is 17.5 Å². The van der Waals surface area contributed by atoms with Crippen LogP contribution >= 0.6 is 11.3 Å². The molecule has 0 aliphatic carbocycles. The third kappa shape index (κ3) is 4.87. The Morgan fingerprint density at radius 1 is 1.46 bits per heavy atom. The average molecular weight is 211 g/mol. The number of hydroxylamine groups is 1. The topological polar surface area (TPSA) is 21.3 Å². The number of halogens is 3. The Morgan fingerprint density at radius 3 is 2.77 bits per heavy atom. The first-order valence-corrected chi connectivity index (χ1v) is 4.40. The van der Waals surface area contributed by atoms with Gasteiger partial charge in [0, 0.05) is 4.88 Å². The molecule has 0 bridgehead atoms. The summed E-state index contributed by atoms with van der Waals surface area (Å²) in [5.41, 5.74) is 2.23. The molecule has 6 heteroatoms. The first-order valence-electron chi connectivity index (χ1n) is 3.52. The highest BCUT2D eigenvalue weighted by Gasteiger charge is 2.27. The lowest BCUT2D eigenvalue weighted by atomic mass is 10.5. The van der Waals surface area contributed by atoms with Gasteiger partial charge in [0.15, 0.2) is 6.61 Å². The molecule has 1 aromatic rings. The Labute approximate surface area is 77.3 Å². The van der Waals surface area contributed by atoms with Gasteiger partial charge in [0.2, 0.25) is 0 Å². The van der Waals surface area contributed by atoms with Crippen LogP contribution in [0.2, 0.25) is 0 Å². The van der Waals surface area contributed by atoms with Crippen molar-refractivity contribution in [3.63, 3.8) is 0 Å². The normalized spacial score (nSPS) is 11.9. The van der Waals surface area contributed by atoms with Gasteiger partial charge in [-0.05, 0) is 11.4 Å². The zero-order valence-electron chi connectivity index (χ0n) is 6.60. The number of nitrogens with one attached hydrogen (secondary N) is 1.